The second kappa shape index (κ2) is 3.63. The number of carbonyl (C=O) groups is 1. The lowest BCUT2D eigenvalue weighted by Crippen LogP contribution is -2.39. The van der Waals surface area contributed by atoms with Crippen molar-refractivity contribution in [3.05, 3.63) is 17.7 Å². The average molecular weight is 233 g/mol. The highest BCUT2D eigenvalue weighted by Gasteiger charge is 2.28. The van der Waals surface area contributed by atoms with E-state index in [-0.39, 0.29) is 18.1 Å². The molecule has 0 radical (unpaired) electrons. The largest absolute Gasteiger partial charge is 0.397 e. The summed E-state index contributed by atoms with van der Waals surface area (Å²) in [4.78, 5) is 11.2. The molecule has 1 aromatic carbocycles. The lowest BCUT2D eigenvalue weighted by Gasteiger charge is -2.33. The summed E-state index contributed by atoms with van der Waals surface area (Å²) < 4.78 is 0. The Morgan fingerprint density at radius 2 is 2.18 bits per heavy atom. The summed E-state index contributed by atoms with van der Waals surface area (Å²) >= 11 is 0. The zero-order valence-corrected chi connectivity index (χ0v) is 9.36. The molecule has 1 aliphatic heterocycles. The maximum Gasteiger partial charge on any atom is 0.228 e. The quantitative estimate of drug-likeness (QED) is 0.566. The molecule has 1 aliphatic carbocycles. The van der Waals surface area contributed by atoms with Crippen LogP contribution in [0.1, 0.15) is 18.4 Å². The van der Waals surface area contributed by atoms with E-state index >= 15 is 0 Å². The Kier molecular flexibility index (Phi) is 2.22. The summed E-state index contributed by atoms with van der Waals surface area (Å²) in [5.74, 6) is 0.00983. The first-order valence-electron chi connectivity index (χ1n) is 5.78. The van der Waals surface area contributed by atoms with Gasteiger partial charge in [-0.05, 0) is 30.5 Å². The minimum atomic E-state index is -0.192. The van der Waals surface area contributed by atoms with Gasteiger partial charge in [0.2, 0.25) is 5.91 Å². The zero-order chi connectivity index (χ0) is 12.0. The molecule has 5 heteroatoms. The fourth-order valence-electron chi connectivity index (χ4n) is 2.34. The van der Waals surface area contributed by atoms with E-state index in [1.54, 1.807) is 0 Å². The molecule has 1 aromatic rings. The van der Waals surface area contributed by atoms with Crippen LogP contribution in [-0.4, -0.2) is 23.2 Å². The first-order chi connectivity index (χ1) is 8.11. The van der Waals surface area contributed by atoms with Crippen LogP contribution in [0.3, 0.4) is 0 Å². The molecule has 0 spiro atoms. The second-order valence-corrected chi connectivity index (χ2v) is 4.79. The molecule has 5 N–H and O–H groups in total. The maximum absolute atomic E-state index is 11.2. The number of anilines is 3. The van der Waals surface area contributed by atoms with Gasteiger partial charge in [0, 0.05) is 11.7 Å². The summed E-state index contributed by atoms with van der Waals surface area (Å²) in [5.41, 5.74) is 9.22. The number of hydrogen-bond donors (Lipinski definition) is 4. The molecule has 0 aromatic heterocycles. The van der Waals surface area contributed by atoms with Crippen LogP contribution < -0.4 is 16.4 Å². The van der Waals surface area contributed by atoms with Crippen molar-refractivity contribution in [2.45, 2.75) is 31.4 Å². The third-order valence-corrected chi connectivity index (χ3v) is 3.37. The molecule has 1 fully saturated rings. The van der Waals surface area contributed by atoms with Gasteiger partial charge in [-0.1, -0.05) is 0 Å². The van der Waals surface area contributed by atoms with Gasteiger partial charge in [-0.2, -0.15) is 0 Å². The van der Waals surface area contributed by atoms with E-state index in [0.29, 0.717) is 12.1 Å². The van der Waals surface area contributed by atoms with E-state index < -0.39 is 0 Å². The van der Waals surface area contributed by atoms with Gasteiger partial charge in [0.1, 0.15) is 0 Å². The molecule has 0 saturated heterocycles. The Morgan fingerprint density at radius 3 is 2.88 bits per heavy atom. The van der Waals surface area contributed by atoms with Gasteiger partial charge in [-0.25, -0.2) is 0 Å². The molecule has 2 aliphatic rings. The Bertz CT molecular complexity index is 481. The maximum atomic E-state index is 11.2. The second-order valence-electron chi connectivity index (χ2n) is 4.79. The molecule has 0 bridgehead atoms. The monoisotopic (exact) mass is 233 g/mol. The van der Waals surface area contributed by atoms with Crippen LogP contribution in [0, 0.1) is 0 Å². The fraction of sp³-hybridized carbons (Fsp3) is 0.417. The summed E-state index contributed by atoms with van der Waals surface area (Å²) in [5, 5.41) is 15.3. The topological polar surface area (TPSA) is 87.4 Å². The number of aliphatic hydroxyl groups excluding tert-OH is 1. The lowest BCUT2D eigenvalue weighted by molar-refractivity contribution is -0.115. The number of aliphatic hydroxyl groups is 1. The summed E-state index contributed by atoms with van der Waals surface area (Å²) in [6, 6.07) is 3.99. The standard InChI is InChI=1S/C12H15N3O2/c13-9-1-6-2-12(17)15-10(6)5-11(9)14-7-3-8(16)4-7/h1,5,7-8,14,16H,2-4,13H2,(H,15,17). The van der Waals surface area contributed by atoms with Crippen LogP contribution >= 0.6 is 0 Å². The molecule has 1 heterocycles. The molecule has 90 valence electrons. The number of nitrogens with one attached hydrogen (secondary N) is 2. The number of nitrogen functional groups attached to an aromatic ring is 1. The lowest BCUT2D eigenvalue weighted by atomic mass is 9.89. The van der Waals surface area contributed by atoms with Crippen molar-refractivity contribution in [2.75, 3.05) is 16.4 Å². The van der Waals surface area contributed by atoms with Crippen LogP contribution in [0.5, 0.6) is 0 Å². The van der Waals surface area contributed by atoms with Crippen molar-refractivity contribution in [1.29, 1.82) is 0 Å². The van der Waals surface area contributed by atoms with Crippen molar-refractivity contribution in [3.8, 4) is 0 Å². The molecule has 3 rings (SSSR count). The molecule has 1 saturated carbocycles. The van der Waals surface area contributed by atoms with Gasteiger partial charge >= 0.3 is 0 Å². The highest BCUT2D eigenvalue weighted by Crippen LogP contribution is 2.33. The summed E-state index contributed by atoms with van der Waals surface area (Å²) in [7, 11) is 0. The Morgan fingerprint density at radius 1 is 1.41 bits per heavy atom. The number of rotatable bonds is 2. The smallest absolute Gasteiger partial charge is 0.228 e. The van der Waals surface area contributed by atoms with Gasteiger partial charge in [0.15, 0.2) is 0 Å². The first kappa shape index (κ1) is 10.4. The molecular formula is C12H15N3O2. The van der Waals surface area contributed by atoms with E-state index in [2.05, 4.69) is 10.6 Å². The predicted octanol–water partition coefficient (Wildman–Crippen LogP) is 0.699. The van der Waals surface area contributed by atoms with Gasteiger partial charge in [0.05, 0.1) is 23.9 Å². The number of hydrogen-bond acceptors (Lipinski definition) is 4. The molecule has 0 atom stereocenters. The average Bonchev–Trinajstić information content (AvgIpc) is 2.55. The number of carbonyl (C=O) groups excluding carboxylic acids is 1. The molecule has 17 heavy (non-hydrogen) atoms. The van der Waals surface area contributed by atoms with Crippen LogP contribution in [-0.2, 0) is 11.2 Å². The minimum Gasteiger partial charge on any atom is -0.397 e. The molecule has 5 nitrogen and oxygen atoms in total. The molecule has 0 unspecified atom stereocenters. The Hall–Kier alpha value is -1.75. The van der Waals surface area contributed by atoms with Gasteiger partial charge in [0.25, 0.3) is 0 Å². The van der Waals surface area contributed by atoms with Crippen LogP contribution in [0.25, 0.3) is 0 Å². The molecule has 1 amide bonds. The van der Waals surface area contributed by atoms with Crippen LogP contribution in [0.2, 0.25) is 0 Å². The summed E-state index contributed by atoms with van der Waals surface area (Å²) in [6.07, 6.45) is 1.72. The van der Waals surface area contributed by atoms with E-state index in [1.807, 2.05) is 12.1 Å². The van der Waals surface area contributed by atoms with Crippen LogP contribution in [0.15, 0.2) is 12.1 Å². The fourth-order valence-corrected chi connectivity index (χ4v) is 2.34. The number of benzene rings is 1. The summed E-state index contributed by atoms with van der Waals surface area (Å²) in [6.45, 7) is 0. The third-order valence-electron chi connectivity index (χ3n) is 3.37. The first-order valence-corrected chi connectivity index (χ1v) is 5.78. The van der Waals surface area contributed by atoms with Crippen molar-refractivity contribution >= 4 is 23.0 Å². The van der Waals surface area contributed by atoms with Crippen molar-refractivity contribution in [1.82, 2.24) is 0 Å². The Balaban J connectivity index is 1.81. The van der Waals surface area contributed by atoms with Crippen molar-refractivity contribution in [3.63, 3.8) is 0 Å². The molecular weight excluding hydrogens is 218 g/mol. The van der Waals surface area contributed by atoms with E-state index in [9.17, 15) is 9.90 Å². The zero-order valence-electron chi connectivity index (χ0n) is 9.36. The predicted molar refractivity (Wildman–Crippen MR) is 65.8 cm³/mol. The van der Waals surface area contributed by atoms with E-state index in [1.165, 1.54) is 0 Å². The van der Waals surface area contributed by atoms with E-state index in [4.69, 9.17) is 5.73 Å². The Labute approximate surface area is 99.0 Å². The van der Waals surface area contributed by atoms with Crippen LogP contribution in [0.4, 0.5) is 17.1 Å². The minimum absolute atomic E-state index is 0.00983. The third kappa shape index (κ3) is 1.82. The van der Waals surface area contributed by atoms with Gasteiger partial charge in [-0.3, -0.25) is 4.79 Å². The number of amides is 1. The van der Waals surface area contributed by atoms with Gasteiger partial charge in [-0.15, -0.1) is 0 Å². The highest BCUT2D eigenvalue weighted by molar-refractivity contribution is 6.00. The SMILES string of the molecule is Nc1cc2c(cc1NC1CC(O)C1)NC(=O)C2. The number of nitrogens with two attached hydrogens (primary N) is 1. The van der Waals surface area contributed by atoms with E-state index in [0.717, 1.165) is 29.8 Å². The number of fused-ring (bicyclic) bond motifs is 1. The highest BCUT2D eigenvalue weighted by atomic mass is 16.3. The van der Waals surface area contributed by atoms with Gasteiger partial charge < -0.3 is 21.5 Å². The van der Waals surface area contributed by atoms with Crippen molar-refractivity contribution in [2.24, 2.45) is 0 Å². The van der Waals surface area contributed by atoms with Crippen molar-refractivity contribution < 1.29 is 9.90 Å². The normalized spacial score (nSPS) is 26.1.